The Bertz CT molecular complexity index is 761. The van der Waals surface area contributed by atoms with Crippen molar-refractivity contribution < 1.29 is 14.3 Å². The zero-order valence-electron chi connectivity index (χ0n) is 12.3. The van der Waals surface area contributed by atoms with Crippen LogP contribution in [0.25, 0.3) is 0 Å². The lowest BCUT2D eigenvalue weighted by molar-refractivity contribution is -0.118. The SMILES string of the molecule is O=C1COc2cc(C(=O)NCCc3cccc(Cl)c3)ccc2N1. The number of rotatable bonds is 4. The van der Waals surface area contributed by atoms with Crippen LogP contribution in [0.3, 0.4) is 0 Å². The summed E-state index contributed by atoms with van der Waals surface area (Å²) in [4.78, 5) is 23.4. The molecule has 0 aromatic heterocycles. The molecule has 1 aliphatic rings. The molecule has 2 N–H and O–H groups in total. The van der Waals surface area contributed by atoms with E-state index < -0.39 is 0 Å². The molecule has 0 saturated carbocycles. The highest BCUT2D eigenvalue weighted by atomic mass is 35.5. The molecule has 2 aromatic carbocycles. The Morgan fingerprint density at radius 2 is 2.13 bits per heavy atom. The van der Waals surface area contributed by atoms with Gasteiger partial charge in [-0.1, -0.05) is 23.7 Å². The highest BCUT2D eigenvalue weighted by molar-refractivity contribution is 6.30. The van der Waals surface area contributed by atoms with Crippen LogP contribution in [0.2, 0.25) is 5.02 Å². The van der Waals surface area contributed by atoms with Crippen molar-refractivity contribution in [1.82, 2.24) is 5.32 Å². The monoisotopic (exact) mass is 330 g/mol. The number of carbonyl (C=O) groups is 2. The predicted octanol–water partition coefficient (Wildman–Crippen LogP) is 2.64. The van der Waals surface area contributed by atoms with Crippen LogP contribution in [0.5, 0.6) is 5.75 Å². The van der Waals surface area contributed by atoms with Gasteiger partial charge in [0, 0.05) is 17.1 Å². The summed E-state index contributed by atoms with van der Waals surface area (Å²) in [6.45, 7) is 0.473. The van der Waals surface area contributed by atoms with E-state index in [2.05, 4.69) is 10.6 Å². The zero-order chi connectivity index (χ0) is 16.2. The molecule has 1 heterocycles. The number of ether oxygens (including phenoxy) is 1. The number of hydrogen-bond donors (Lipinski definition) is 2. The van der Waals surface area contributed by atoms with E-state index in [1.165, 1.54) is 0 Å². The molecule has 6 heteroatoms. The first-order valence-corrected chi connectivity index (χ1v) is 7.59. The van der Waals surface area contributed by atoms with Gasteiger partial charge in [0.1, 0.15) is 5.75 Å². The average Bonchev–Trinajstić information content (AvgIpc) is 2.54. The largest absolute Gasteiger partial charge is 0.482 e. The Hall–Kier alpha value is -2.53. The van der Waals surface area contributed by atoms with Crippen LogP contribution >= 0.6 is 11.6 Å². The number of hydrogen-bond acceptors (Lipinski definition) is 3. The first-order valence-electron chi connectivity index (χ1n) is 7.21. The number of carbonyl (C=O) groups excluding carboxylic acids is 2. The molecule has 118 valence electrons. The quantitative estimate of drug-likeness (QED) is 0.905. The molecule has 5 nitrogen and oxygen atoms in total. The molecular weight excluding hydrogens is 316 g/mol. The fourth-order valence-electron chi connectivity index (χ4n) is 2.33. The fraction of sp³-hybridized carbons (Fsp3) is 0.176. The molecule has 0 radical (unpaired) electrons. The van der Waals surface area contributed by atoms with E-state index >= 15 is 0 Å². The van der Waals surface area contributed by atoms with Crippen LogP contribution in [0.4, 0.5) is 5.69 Å². The summed E-state index contributed by atoms with van der Waals surface area (Å²) in [5, 5.41) is 6.23. The molecule has 1 aliphatic heterocycles. The fourth-order valence-corrected chi connectivity index (χ4v) is 2.54. The van der Waals surface area contributed by atoms with Crippen molar-refractivity contribution in [1.29, 1.82) is 0 Å². The maximum Gasteiger partial charge on any atom is 0.262 e. The van der Waals surface area contributed by atoms with Crippen molar-refractivity contribution >= 4 is 29.1 Å². The van der Waals surface area contributed by atoms with Gasteiger partial charge in [0.05, 0.1) is 5.69 Å². The molecule has 0 saturated heterocycles. The molecule has 2 amide bonds. The molecule has 0 fully saturated rings. The Balaban J connectivity index is 1.59. The second-order valence-corrected chi connectivity index (χ2v) is 5.62. The van der Waals surface area contributed by atoms with Crippen molar-refractivity contribution in [3.8, 4) is 5.75 Å². The minimum absolute atomic E-state index is 0.0349. The van der Waals surface area contributed by atoms with Gasteiger partial charge in [-0.05, 0) is 42.3 Å². The topological polar surface area (TPSA) is 67.4 Å². The second kappa shape index (κ2) is 6.71. The highest BCUT2D eigenvalue weighted by Crippen LogP contribution is 2.28. The average molecular weight is 331 g/mol. The molecule has 0 aliphatic carbocycles. The normalized spacial score (nSPS) is 12.8. The lowest BCUT2D eigenvalue weighted by Crippen LogP contribution is -2.27. The van der Waals surface area contributed by atoms with Crippen LogP contribution in [-0.4, -0.2) is 25.0 Å². The molecule has 23 heavy (non-hydrogen) atoms. The number of amides is 2. The van der Waals surface area contributed by atoms with Crippen molar-refractivity contribution in [3.63, 3.8) is 0 Å². The van der Waals surface area contributed by atoms with Crippen LogP contribution in [0.15, 0.2) is 42.5 Å². The van der Waals surface area contributed by atoms with E-state index in [-0.39, 0.29) is 18.4 Å². The predicted molar refractivity (Wildman–Crippen MR) is 88.1 cm³/mol. The molecule has 0 spiro atoms. The van der Waals surface area contributed by atoms with Crippen molar-refractivity contribution in [3.05, 3.63) is 58.6 Å². The van der Waals surface area contributed by atoms with Gasteiger partial charge in [0.25, 0.3) is 11.8 Å². The Kier molecular flexibility index (Phi) is 4.48. The summed E-state index contributed by atoms with van der Waals surface area (Å²) in [6, 6.07) is 12.5. The Morgan fingerprint density at radius 3 is 2.96 bits per heavy atom. The van der Waals surface area contributed by atoms with Crippen LogP contribution in [-0.2, 0) is 11.2 Å². The second-order valence-electron chi connectivity index (χ2n) is 5.18. The summed E-state index contributed by atoms with van der Waals surface area (Å²) < 4.78 is 5.31. The lowest BCUT2D eigenvalue weighted by atomic mass is 10.1. The minimum atomic E-state index is -0.198. The summed E-state index contributed by atoms with van der Waals surface area (Å²) in [5.74, 6) is 0.124. The number of fused-ring (bicyclic) bond motifs is 1. The van der Waals surface area contributed by atoms with Gasteiger partial charge in [0.15, 0.2) is 6.61 Å². The standard InChI is InChI=1S/C17H15ClN2O3/c18-13-3-1-2-11(8-13)6-7-19-17(22)12-4-5-14-15(9-12)23-10-16(21)20-14/h1-5,8-9H,6-7,10H2,(H,19,22)(H,20,21). The highest BCUT2D eigenvalue weighted by Gasteiger charge is 2.17. The van der Waals surface area contributed by atoms with Crippen molar-refractivity contribution in [2.45, 2.75) is 6.42 Å². The van der Waals surface area contributed by atoms with Crippen molar-refractivity contribution in [2.75, 3.05) is 18.5 Å². The molecule has 3 rings (SSSR count). The minimum Gasteiger partial charge on any atom is -0.482 e. The number of nitrogens with one attached hydrogen (secondary N) is 2. The van der Waals surface area contributed by atoms with Gasteiger partial charge in [0.2, 0.25) is 0 Å². The third kappa shape index (κ3) is 3.81. The molecule has 0 bridgehead atoms. The van der Waals surface area contributed by atoms with Gasteiger partial charge in [-0.3, -0.25) is 9.59 Å². The van der Waals surface area contributed by atoms with Gasteiger partial charge < -0.3 is 15.4 Å². The van der Waals surface area contributed by atoms with Gasteiger partial charge in [-0.15, -0.1) is 0 Å². The van der Waals surface area contributed by atoms with Gasteiger partial charge in [-0.2, -0.15) is 0 Å². The summed E-state index contributed by atoms with van der Waals surface area (Å²) in [6.07, 6.45) is 0.698. The summed E-state index contributed by atoms with van der Waals surface area (Å²) in [7, 11) is 0. The smallest absolute Gasteiger partial charge is 0.262 e. The van der Waals surface area contributed by atoms with Gasteiger partial charge in [-0.25, -0.2) is 0 Å². The molecule has 0 atom stereocenters. The van der Waals surface area contributed by atoms with Crippen molar-refractivity contribution in [2.24, 2.45) is 0 Å². The summed E-state index contributed by atoms with van der Waals surface area (Å²) in [5.41, 5.74) is 2.14. The van der Waals surface area contributed by atoms with E-state index in [0.717, 1.165) is 5.56 Å². The third-order valence-electron chi connectivity index (χ3n) is 3.46. The molecular formula is C17H15ClN2O3. The van der Waals surface area contributed by atoms with Crippen LogP contribution in [0.1, 0.15) is 15.9 Å². The Labute approximate surface area is 138 Å². The third-order valence-corrected chi connectivity index (χ3v) is 3.70. The maximum absolute atomic E-state index is 12.2. The summed E-state index contributed by atoms with van der Waals surface area (Å²) >= 11 is 5.93. The molecule has 2 aromatic rings. The first-order chi connectivity index (χ1) is 11.1. The zero-order valence-corrected chi connectivity index (χ0v) is 13.0. The lowest BCUT2D eigenvalue weighted by Gasteiger charge is -2.18. The van der Waals surface area contributed by atoms with E-state index in [1.807, 2.05) is 24.3 Å². The maximum atomic E-state index is 12.2. The number of anilines is 1. The van der Waals surface area contributed by atoms with E-state index in [9.17, 15) is 9.59 Å². The number of benzene rings is 2. The Morgan fingerprint density at radius 1 is 1.26 bits per heavy atom. The first kappa shape index (κ1) is 15.4. The van der Waals surface area contributed by atoms with E-state index in [4.69, 9.17) is 16.3 Å². The van der Waals surface area contributed by atoms with Gasteiger partial charge >= 0.3 is 0 Å². The van der Waals surface area contributed by atoms with Crippen LogP contribution < -0.4 is 15.4 Å². The number of halogens is 1. The molecule has 0 unspecified atom stereocenters. The van der Waals surface area contributed by atoms with Crippen LogP contribution in [0, 0.1) is 0 Å². The van der Waals surface area contributed by atoms with E-state index in [1.54, 1.807) is 18.2 Å². The van der Waals surface area contributed by atoms with E-state index in [0.29, 0.717) is 35.0 Å².